The maximum Gasteiger partial charge on any atom is 0.288 e. The fraction of sp³-hybridized carbons (Fsp3) is 0.500. The predicted octanol–water partition coefficient (Wildman–Crippen LogP) is 2.76. The summed E-state index contributed by atoms with van der Waals surface area (Å²) in [4.78, 5) is 12.3. The van der Waals surface area contributed by atoms with E-state index in [9.17, 15) is 10.1 Å². The first-order chi connectivity index (χ1) is 8.38. The summed E-state index contributed by atoms with van der Waals surface area (Å²) >= 11 is 5.91. The summed E-state index contributed by atoms with van der Waals surface area (Å²) in [6, 6.07) is 3.23. The van der Waals surface area contributed by atoms with E-state index < -0.39 is 4.92 Å². The zero-order chi connectivity index (χ0) is 13.9. The lowest BCUT2D eigenvalue weighted by Gasteiger charge is -2.29. The van der Waals surface area contributed by atoms with Crippen molar-refractivity contribution in [1.82, 2.24) is 0 Å². The molecule has 6 heteroatoms. The first-order valence-corrected chi connectivity index (χ1v) is 6.08. The minimum atomic E-state index is -0.495. The number of nitro groups is 1. The Morgan fingerprint density at radius 1 is 1.50 bits per heavy atom. The lowest BCUT2D eigenvalue weighted by Crippen LogP contribution is -2.34. The van der Waals surface area contributed by atoms with E-state index in [0.717, 1.165) is 11.3 Å². The van der Waals surface area contributed by atoms with Gasteiger partial charge in [-0.2, -0.15) is 0 Å². The van der Waals surface area contributed by atoms with Gasteiger partial charge in [0.05, 0.1) is 11.5 Å². The normalized spacial score (nSPS) is 10.8. The smallest absolute Gasteiger partial charge is 0.288 e. The highest BCUT2D eigenvalue weighted by molar-refractivity contribution is 6.33. The number of hydrogen-bond acceptors (Lipinski definition) is 4. The van der Waals surface area contributed by atoms with Gasteiger partial charge in [-0.15, -0.1) is 0 Å². The van der Waals surface area contributed by atoms with Crippen molar-refractivity contribution in [1.29, 1.82) is 0 Å². The van der Waals surface area contributed by atoms with Crippen molar-refractivity contribution >= 4 is 23.0 Å². The Labute approximate surface area is 111 Å². The molecule has 1 aromatic rings. The topological polar surface area (TPSA) is 66.6 Å². The van der Waals surface area contributed by atoms with Crippen LogP contribution in [0.4, 0.5) is 11.4 Å². The molecule has 0 aliphatic rings. The first-order valence-electron chi connectivity index (χ1n) is 5.70. The Hall–Kier alpha value is -1.33. The van der Waals surface area contributed by atoms with Crippen molar-refractivity contribution in [3.8, 4) is 0 Å². The molecule has 0 saturated carbocycles. The van der Waals surface area contributed by atoms with Gasteiger partial charge >= 0.3 is 0 Å². The number of rotatable bonds is 5. The Morgan fingerprint density at radius 3 is 2.56 bits per heavy atom. The molecule has 100 valence electrons. The number of nitro benzene ring substituents is 1. The number of aliphatic hydroxyl groups is 1. The average Bonchev–Trinajstić information content (AvgIpc) is 2.28. The van der Waals surface area contributed by atoms with Gasteiger partial charge in [0, 0.05) is 24.3 Å². The van der Waals surface area contributed by atoms with Crippen molar-refractivity contribution in [3.05, 3.63) is 32.8 Å². The van der Waals surface area contributed by atoms with Crippen LogP contribution >= 0.6 is 11.6 Å². The molecular weight excluding hydrogens is 256 g/mol. The van der Waals surface area contributed by atoms with E-state index >= 15 is 0 Å². The standard InChI is InChI=1S/C12H17ClN2O3/c1-8(2)14(4-5-16)11-7-10(13)12(15(17)18)6-9(11)3/h6-8,16H,4-5H2,1-3H3. The molecule has 0 atom stereocenters. The average molecular weight is 273 g/mol. The van der Waals surface area contributed by atoms with E-state index in [1.807, 2.05) is 18.7 Å². The Balaban J connectivity index is 3.24. The molecule has 0 aliphatic heterocycles. The number of aliphatic hydroxyl groups excluding tert-OH is 1. The molecule has 0 spiro atoms. The van der Waals surface area contributed by atoms with Crippen molar-refractivity contribution in [2.75, 3.05) is 18.1 Å². The van der Waals surface area contributed by atoms with E-state index in [4.69, 9.17) is 16.7 Å². The molecule has 0 fully saturated rings. The van der Waals surface area contributed by atoms with Crippen molar-refractivity contribution in [3.63, 3.8) is 0 Å². The molecule has 1 aromatic carbocycles. The monoisotopic (exact) mass is 272 g/mol. The Bertz CT molecular complexity index is 449. The van der Waals surface area contributed by atoms with Gasteiger partial charge in [-0.3, -0.25) is 10.1 Å². The quantitative estimate of drug-likeness (QED) is 0.661. The second-order valence-corrected chi connectivity index (χ2v) is 4.77. The van der Waals surface area contributed by atoms with Crippen LogP contribution in [0.15, 0.2) is 12.1 Å². The molecule has 18 heavy (non-hydrogen) atoms. The van der Waals surface area contributed by atoms with E-state index in [1.165, 1.54) is 6.07 Å². The van der Waals surface area contributed by atoms with Crippen LogP contribution < -0.4 is 4.90 Å². The lowest BCUT2D eigenvalue weighted by molar-refractivity contribution is -0.384. The first kappa shape index (κ1) is 14.7. The number of aryl methyl sites for hydroxylation is 1. The summed E-state index contributed by atoms with van der Waals surface area (Å²) in [7, 11) is 0. The van der Waals surface area contributed by atoms with Crippen LogP contribution in [0.3, 0.4) is 0 Å². The molecule has 0 aliphatic carbocycles. The van der Waals surface area contributed by atoms with Gasteiger partial charge in [-0.25, -0.2) is 0 Å². The maximum absolute atomic E-state index is 10.8. The van der Waals surface area contributed by atoms with Crippen LogP contribution in [-0.2, 0) is 0 Å². The minimum Gasteiger partial charge on any atom is -0.395 e. The highest BCUT2D eigenvalue weighted by atomic mass is 35.5. The second kappa shape index (κ2) is 6.02. The number of hydrogen-bond donors (Lipinski definition) is 1. The summed E-state index contributed by atoms with van der Waals surface area (Å²) in [6.45, 7) is 6.26. The number of nitrogens with zero attached hydrogens (tertiary/aromatic N) is 2. The van der Waals surface area contributed by atoms with Crippen LogP contribution in [0.1, 0.15) is 19.4 Å². The van der Waals surface area contributed by atoms with E-state index in [0.29, 0.717) is 6.54 Å². The van der Waals surface area contributed by atoms with Crippen LogP contribution in [0.25, 0.3) is 0 Å². The Kier molecular flexibility index (Phi) is 4.93. The molecular formula is C12H17ClN2O3. The summed E-state index contributed by atoms with van der Waals surface area (Å²) in [5.74, 6) is 0. The van der Waals surface area contributed by atoms with Gasteiger partial charge in [-0.05, 0) is 32.4 Å². The predicted molar refractivity (Wildman–Crippen MR) is 72.4 cm³/mol. The molecule has 0 saturated heterocycles. The highest BCUT2D eigenvalue weighted by Gasteiger charge is 2.19. The molecule has 0 heterocycles. The Morgan fingerprint density at radius 2 is 2.11 bits per heavy atom. The molecule has 5 nitrogen and oxygen atoms in total. The third-order valence-electron chi connectivity index (χ3n) is 2.74. The molecule has 1 N–H and O–H groups in total. The number of halogens is 1. The zero-order valence-corrected chi connectivity index (χ0v) is 11.4. The van der Waals surface area contributed by atoms with Gasteiger partial charge in [-0.1, -0.05) is 11.6 Å². The molecule has 0 radical (unpaired) electrons. The summed E-state index contributed by atoms with van der Waals surface area (Å²) in [5, 5.41) is 20.0. The van der Waals surface area contributed by atoms with Crippen LogP contribution in [-0.4, -0.2) is 29.2 Å². The van der Waals surface area contributed by atoms with E-state index in [-0.39, 0.29) is 23.4 Å². The molecule has 0 bridgehead atoms. The molecule has 1 rings (SSSR count). The third-order valence-corrected chi connectivity index (χ3v) is 3.04. The SMILES string of the molecule is Cc1cc([N+](=O)[O-])c(Cl)cc1N(CCO)C(C)C. The lowest BCUT2D eigenvalue weighted by atomic mass is 10.1. The summed E-state index contributed by atoms with van der Waals surface area (Å²) in [5.41, 5.74) is 1.49. The van der Waals surface area contributed by atoms with Gasteiger partial charge in [0.25, 0.3) is 5.69 Å². The summed E-state index contributed by atoms with van der Waals surface area (Å²) < 4.78 is 0. The fourth-order valence-corrected chi connectivity index (χ4v) is 2.10. The summed E-state index contributed by atoms with van der Waals surface area (Å²) in [6.07, 6.45) is 0. The molecule has 0 unspecified atom stereocenters. The van der Waals surface area contributed by atoms with Gasteiger partial charge in [0.1, 0.15) is 5.02 Å². The number of benzene rings is 1. The van der Waals surface area contributed by atoms with Crippen molar-refractivity contribution < 1.29 is 10.0 Å². The van der Waals surface area contributed by atoms with Crippen molar-refractivity contribution in [2.45, 2.75) is 26.8 Å². The zero-order valence-electron chi connectivity index (χ0n) is 10.7. The van der Waals surface area contributed by atoms with Crippen LogP contribution in [0.5, 0.6) is 0 Å². The van der Waals surface area contributed by atoms with Crippen LogP contribution in [0.2, 0.25) is 5.02 Å². The van der Waals surface area contributed by atoms with Gasteiger partial charge in [0.15, 0.2) is 0 Å². The fourth-order valence-electron chi connectivity index (χ4n) is 1.87. The molecule has 0 aromatic heterocycles. The maximum atomic E-state index is 10.8. The third kappa shape index (κ3) is 3.11. The second-order valence-electron chi connectivity index (χ2n) is 4.36. The largest absolute Gasteiger partial charge is 0.395 e. The molecule has 0 amide bonds. The number of anilines is 1. The van der Waals surface area contributed by atoms with Gasteiger partial charge in [0.2, 0.25) is 0 Å². The van der Waals surface area contributed by atoms with E-state index in [1.54, 1.807) is 13.0 Å². The van der Waals surface area contributed by atoms with Gasteiger partial charge < -0.3 is 10.0 Å². The van der Waals surface area contributed by atoms with Crippen molar-refractivity contribution in [2.24, 2.45) is 0 Å². The van der Waals surface area contributed by atoms with E-state index in [2.05, 4.69) is 0 Å². The minimum absolute atomic E-state index is 0.0201. The van der Waals surface area contributed by atoms with Crippen LogP contribution in [0, 0.1) is 17.0 Å². The highest BCUT2D eigenvalue weighted by Crippen LogP contribution is 2.33.